The van der Waals surface area contributed by atoms with E-state index in [0.29, 0.717) is 6.42 Å². The van der Waals surface area contributed by atoms with Gasteiger partial charge in [0.15, 0.2) is 6.10 Å². The van der Waals surface area contributed by atoms with Crippen molar-refractivity contribution in [2.45, 2.75) is 30.1 Å². The Morgan fingerprint density at radius 1 is 1.62 bits per heavy atom. The molecule has 1 saturated heterocycles. The van der Waals surface area contributed by atoms with Crippen LogP contribution in [0.15, 0.2) is 23.6 Å². The van der Waals surface area contributed by atoms with Crippen LogP contribution in [-0.2, 0) is 9.53 Å². The van der Waals surface area contributed by atoms with E-state index >= 15 is 0 Å². The molecule has 1 aliphatic rings. The van der Waals surface area contributed by atoms with Gasteiger partial charge in [-0.3, -0.25) is 0 Å². The van der Waals surface area contributed by atoms with Crippen molar-refractivity contribution >= 4 is 17.7 Å². The van der Waals surface area contributed by atoms with Gasteiger partial charge in [0.05, 0.1) is 11.1 Å². The Morgan fingerprint density at radius 2 is 2.50 bits per heavy atom. The zero-order valence-electron chi connectivity index (χ0n) is 8.57. The first-order valence-electron chi connectivity index (χ1n) is 5.03. The van der Waals surface area contributed by atoms with E-state index in [1.54, 1.807) is 18.0 Å². The van der Waals surface area contributed by atoms with Crippen molar-refractivity contribution in [3.8, 4) is 0 Å². The molecule has 0 bridgehead atoms. The molecule has 2 rings (SSSR count). The van der Waals surface area contributed by atoms with E-state index in [2.05, 4.69) is 9.97 Å². The fraction of sp³-hybridized carbons (Fsp3) is 0.500. The van der Waals surface area contributed by atoms with Gasteiger partial charge >= 0.3 is 5.97 Å². The second kappa shape index (κ2) is 5.27. The van der Waals surface area contributed by atoms with Crippen molar-refractivity contribution in [2.75, 3.05) is 5.75 Å². The number of ether oxygens (including phenoxy) is 1. The number of carbonyl (C=O) groups is 1. The van der Waals surface area contributed by atoms with Crippen LogP contribution in [0, 0.1) is 0 Å². The smallest absolute Gasteiger partial charge is 0.332 e. The van der Waals surface area contributed by atoms with Gasteiger partial charge in [-0.2, -0.15) is 0 Å². The molecule has 0 radical (unpaired) electrons. The number of aliphatic carboxylic acids is 1. The molecule has 86 valence electrons. The monoisotopic (exact) mass is 240 g/mol. The number of aromatic nitrogens is 2. The third-order valence-corrected chi connectivity index (χ3v) is 3.43. The Bertz CT molecular complexity index is 360. The molecular formula is C10H12N2O3S. The first kappa shape index (κ1) is 11.3. The molecule has 6 heteroatoms. The number of carboxylic acids is 1. The van der Waals surface area contributed by atoms with Crippen LogP contribution in [-0.4, -0.2) is 39.0 Å². The van der Waals surface area contributed by atoms with E-state index in [-0.39, 0.29) is 6.10 Å². The topological polar surface area (TPSA) is 72.3 Å². The third kappa shape index (κ3) is 2.93. The molecule has 16 heavy (non-hydrogen) atoms. The molecule has 1 fully saturated rings. The summed E-state index contributed by atoms with van der Waals surface area (Å²) in [5.74, 6) is -0.129. The van der Waals surface area contributed by atoms with E-state index in [4.69, 9.17) is 9.84 Å². The third-order valence-electron chi connectivity index (χ3n) is 2.35. The van der Waals surface area contributed by atoms with Crippen LogP contribution < -0.4 is 0 Å². The van der Waals surface area contributed by atoms with Crippen LogP contribution in [0.5, 0.6) is 0 Å². The highest BCUT2D eigenvalue weighted by molar-refractivity contribution is 7.99. The summed E-state index contributed by atoms with van der Waals surface area (Å²) in [5, 5.41) is 9.65. The first-order valence-corrected chi connectivity index (χ1v) is 6.01. The van der Waals surface area contributed by atoms with E-state index < -0.39 is 12.1 Å². The second-order valence-corrected chi connectivity index (χ2v) is 4.56. The number of nitrogens with zero attached hydrogens (tertiary/aromatic N) is 2. The molecule has 5 nitrogen and oxygen atoms in total. The van der Waals surface area contributed by atoms with Crippen molar-refractivity contribution in [3.05, 3.63) is 18.6 Å². The van der Waals surface area contributed by atoms with Gasteiger partial charge in [-0.15, -0.1) is 11.8 Å². The average molecular weight is 240 g/mol. The highest BCUT2D eigenvalue weighted by Gasteiger charge is 2.30. The summed E-state index contributed by atoms with van der Waals surface area (Å²) in [5.41, 5.74) is 0. The molecule has 1 aromatic heterocycles. The predicted octanol–water partition coefficient (Wildman–Crippen LogP) is 1.20. The van der Waals surface area contributed by atoms with Crippen molar-refractivity contribution in [2.24, 2.45) is 0 Å². The average Bonchev–Trinajstić information content (AvgIpc) is 2.76. The Morgan fingerprint density at radius 3 is 3.12 bits per heavy atom. The molecule has 2 atom stereocenters. The van der Waals surface area contributed by atoms with E-state index in [1.807, 2.05) is 6.07 Å². The maximum absolute atomic E-state index is 10.7. The normalized spacial score (nSPS) is 24.5. The molecule has 0 amide bonds. The molecule has 0 saturated carbocycles. The minimum absolute atomic E-state index is 0.0149. The highest BCUT2D eigenvalue weighted by atomic mass is 32.2. The number of carboxylic acid groups (broad SMARTS) is 1. The Balaban J connectivity index is 1.78. The minimum Gasteiger partial charge on any atom is -0.479 e. The lowest BCUT2D eigenvalue weighted by atomic mass is 10.2. The van der Waals surface area contributed by atoms with Gasteiger partial charge < -0.3 is 9.84 Å². The minimum atomic E-state index is -0.866. The summed E-state index contributed by atoms with van der Waals surface area (Å²) in [4.78, 5) is 18.6. The lowest BCUT2D eigenvalue weighted by Gasteiger charge is -2.09. The number of hydrogen-bond acceptors (Lipinski definition) is 5. The number of thioether (sulfide) groups is 1. The summed E-state index contributed by atoms with van der Waals surface area (Å²) < 4.78 is 5.38. The van der Waals surface area contributed by atoms with Gasteiger partial charge in [0.25, 0.3) is 0 Å². The van der Waals surface area contributed by atoms with Gasteiger partial charge in [0.2, 0.25) is 0 Å². The lowest BCUT2D eigenvalue weighted by Crippen LogP contribution is -2.21. The fourth-order valence-electron chi connectivity index (χ4n) is 1.55. The van der Waals surface area contributed by atoms with Crippen LogP contribution in [0.2, 0.25) is 0 Å². The maximum atomic E-state index is 10.7. The number of hydrogen-bond donors (Lipinski definition) is 1. The molecule has 1 aromatic rings. The van der Waals surface area contributed by atoms with Gasteiger partial charge in [-0.05, 0) is 18.9 Å². The van der Waals surface area contributed by atoms with Crippen LogP contribution >= 0.6 is 11.8 Å². The Kier molecular flexibility index (Phi) is 3.74. The van der Waals surface area contributed by atoms with Gasteiger partial charge in [0, 0.05) is 11.9 Å². The zero-order chi connectivity index (χ0) is 11.4. The fourth-order valence-corrected chi connectivity index (χ4v) is 2.43. The maximum Gasteiger partial charge on any atom is 0.332 e. The van der Waals surface area contributed by atoms with Gasteiger partial charge in [-0.1, -0.05) is 0 Å². The Labute approximate surface area is 97.2 Å². The highest BCUT2D eigenvalue weighted by Crippen LogP contribution is 2.25. The summed E-state index contributed by atoms with van der Waals surface area (Å²) in [6.45, 7) is 0. The van der Waals surface area contributed by atoms with E-state index in [1.165, 1.54) is 6.33 Å². The summed E-state index contributed by atoms with van der Waals surface area (Å²) in [7, 11) is 0. The number of rotatable bonds is 4. The summed E-state index contributed by atoms with van der Waals surface area (Å²) >= 11 is 1.56. The first-order chi connectivity index (χ1) is 7.75. The molecule has 2 heterocycles. The SMILES string of the molecule is O=C(O)C1CCC(CSc2ccncn2)O1. The predicted molar refractivity (Wildman–Crippen MR) is 58.3 cm³/mol. The molecular weight excluding hydrogens is 228 g/mol. The van der Waals surface area contributed by atoms with Crippen LogP contribution in [0.25, 0.3) is 0 Å². The summed E-state index contributed by atoms with van der Waals surface area (Å²) in [6, 6.07) is 1.83. The molecule has 0 aromatic carbocycles. The molecule has 1 N–H and O–H groups in total. The van der Waals surface area contributed by atoms with Crippen LogP contribution in [0.4, 0.5) is 0 Å². The Hall–Kier alpha value is -1.14. The molecule has 0 aliphatic carbocycles. The zero-order valence-corrected chi connectivity index (χ0v) is 9.39. The van der Waals surface area contributed by atoms with Crippen LogP contribution in [0.3, 0.4) is 0 Å². The van der Waals surface area contributed by atoms with Crippen molar-refractivity contribution in [1.82, 2.24) is 9.97 Å². The van der Waals surface area contributed by atoms with Crippen LogP contribution in [0.1, 0.15) is 12.8 Å². The van der Waals surface area contributed by atoms with Crippen molar-refractivity contribution < 1.29 is 14.6 Å². The quantitative estimate of drug-likeness (QED) is 0.629. The van der Waals surface area contributed by atoms with Crippen molar-refractivity contribution in [1.29, 1.82) is 0 Å². The van der Waals surface area contributed by atoms with Gasteiger partial charge in [-0.25, -0.2) is 14.8 Å². The van der Waals surface area contributed by atoms with E-state index in [9.17, 15) is 4.79 Å². The van der Waals surface area contributed by atoms with E-state index in [0.717, 1.165) is 17.2 Å². The summed E-state index contributed by atoms with van der Waals surface area (Å²) in [6.07, 6.45) is 3.97. The molecule has 1 aliphatic heterocycles. The second-order valence-electron chi connectivity index (χ2n) is 3.52. The van der Waals surface area contributed by atoms with Gasteiger partial charge in [0.1, 0.15) is 6.33 Å². The largest absolute Gasteiger partial charge is 0.479 e. The lowest BCUT2D eigenvalue weighted by molar-refractivity contribution is -0.148. The molecule has 2 unspecified atom stereocenters. The van der Waals surface area contributed by atoms with Crippen molar-refractivity contribution in [3.63, 3.8) is 0 Å². The molecule has 0 spiro atoms. The standard InChI is InChI=1S/C10H12N2O3S/c13-10(14)8-2-1-7(15-8)5-16-9-3-4-11-6-12-9/h3-4,6-8H,1-2,5H2,(H,13,14).